The Bertz CT molecular complexity index is 651. The molecule has 0 saturated carbocycles. The highest BCUT2D eigenvalue weighted by molar-refractivity contribution is 8.01. The summed E-state index contributed by atoms with van der Waals surface area (Å²) in [6.45, 7) is 5.14. The van der Waals surface area contributed by atoms with E-state index >= 15 is 0 Å². The summed E-state index contributed by atoms with van der Waals surface area (Å²) in [6.07, 6.45) is 3.34. The molecule has 0 fully saturated rings. The summed E-state index contributed by atoms with van der Waals surface area (Å²) in [5.74, 6) is 1.64. The Labute approximate surface area is 137 Å². The molecule has 0 aliphatic carbocycles. The predicted molar refractivity (Wildman–Crippen MR) is 88.1 cm³/mol. The van der Waals surface area contributed by atoms with Crippen LogP contribution in [0.15, 0.2) is 16.6 Å². The van der Waals surface area contributed by atoms with Gasteiger partial charge >= 0.3 is 0 Å². The summed E-state index contributed by atoms with van der Waals surface area (Å²) >= 11 is 3.13. The second-order valence-electron chi connectivity index (χ2n) is 5.80. The first-order valence-electron chi connectivity index (χ1n) is 7.39. The van der Waals surface area contributed by atoms with E-state index < -0.39 is 0 Å². The van der Waals surface area contributed by atoms with Crippen molar-refractivity contribution in [2.45, 2.75) is 37.6 Å². The van der Waals surface area contributed by atoms with E-state index in [1.54, 1.807) is 18.0 Å². The van der Waals surface area contributed by atoms with Crippen molar-refractivity contribution in [2.24, 2.45) is 11.8 Å². The van der Waals surface area contributed by atoms with Gasteiger partial charge in [0.05, 0.1) is 0 Å². The van der Waals surface area contributed by atoms with Gasteiger partial charge in [-0.05, 0) is 18.4 Å². The highest BCUT2D eigenvalue weighted by Gasteiger charge is 2.25. The lowest BCUT2D eigenvalue weighted by atomic mass is 9.95. The van der Waals surface area contributed by atoms with Crippen LogP contribution in [0.3, 0.4) is 0 Å². The normalized spacial score (nSPS) is 17.5. The van der Waals surface area contributed by atoms with Crippen molar-refractivity contribution in [2.75, 3.05) is 11.1 Å². The summed E-state index contributed by atoms with van der Waals surface area (Å²) in [7, 11) is 0. The van der Waals surface area contributed by atoms with Crippen LogP contribution in [0.25, 0.3) is 0 Å². The number of fused-ring (bicyclic) bond motifs is 1. The van der Waals surface area contributed by atoms with Crippen LogP contribution in [-0.4, -0.2) is 31.6 Å². The second-order valence-corrected chi connectivity index (χ2v) is 8.05. The molecule has 0 saturated heterocycles. The van der Waals surface area contributed by atoms with Gasteiger partial charge in [-0.15, -0.1) is 10.2 Å². The first-order chi connectivity index (χ1) is 10.6. The van der Waals surface area contributed by atoms with E-state index in [9.17, 15) is 4.79 Å². The minimum Gasteiger partial charge on any atom is -0.300 e. The lowest BCUT2D eigenvalue weighted by Gasteiger charge is -2.21. The third kappa shape index (κ3) is 3.67. The zero-order chi connectivity index (χ0) is 15.5. The number of nitrogens with zero attached hydrogens (tertiary/aromatic N) is 4. The van der Waals surface area contributed by atoms with Crippen LogP contribution in [0.1, 0.15) is 26.0 Å². The molecule has 1 N–H and O–H groups in total. The summed E-state index contributed by atoms with van der Waals surface area (Å²) < 4.78 is 2.88. The molecule has 0 aromatic carbocycles. The quantitative estimate of drug-likeness (QED) is 0.671. The number of amides is 1. The molecule has 2 aromatic heterocycles. The topological polar surface area (TPSA) is 72.7 Å². The molecule has 3 rings (SSSR count). The number of anilines is 1. The summed E-state index contributed by atoms with van der Waals surface area (Å²) in [6, 6.07) is 1.98. The average molecular weight is 337 g/mol. The van der Waals surface area contributed by atoms with Gasteiger partial charge in [-0.25, -0.2) is 0 Å². The largest absolute Gasteiger partial charge is 0.300 e. The van der Waals surface area contributed by atoms with Crippen molar-refractivity contribution in [3.8, 4) is 0 Å². The number of rotatable bonds is 5. The minimum absolute atomic E-state index is 0.0140. The fourth-order valence-corrected chi connectivity index (χ4v) is 4.09. The molecule has 1 unspecified atom stereocenters. The van der Waals surface area contributed by atoms with E-state index in [-0.39, 0.29) is 11.8 Å². The van der Waals surface area contributed by atoms with Crippen molar-refractivity contribution >= 4 is 34.1 Å². The van der Waals surface area contributed by atoms with Crippen LogP contribution in [0.2, 0.25) is 0 Å². The van der Waals surface area contributed by atoms with E-state index in [1.165, 1.54) is 11.3 Å². The SMILES string of the molecule is CC(C)CSc1nnc(NC(=O)C2CCn3nccc3C2)s1. The Morgan fingerprint density at radius 1 is 1.55 bits per heavy atom. The minimum atomic E-state index is -0.0140. The number of aryl methyl sites for hydroxylation is 1. The Hall–Kier alpha value is -1.41. The van der Waals surface area contributed by atoms with E-state index in [1.807, 2.05) is 10.7 Å². The molecular weight excluding hydrogens is 318 g/mol. The van der Waals surface area contributed by atoms with E-state index in [2.05, 4.69) is 34.5 Å². The van der Waals surface area contributed by atoms with Gasteiger partial charge in [0.15, 0.2) is 4.34 Å². The van der Waals surface area contributed by atoms with Gasteiger partial charge in [0.25, 0.3) is 0 Å². The molecular formula is C14H19N5OS2. The number of carbonyl (C=O) groups excluding carboxylic acids is 1. The third-order valence-corrected chi connectivity index (χ3v) is 5.90. The van der Waals surface area contributed by atoms with Crippen molar-refractivity contribution < 1.29 is 4.79 Å². The van der Waals surface area contributed by atoms with Gasteiger partial charge in [-0.2, -0.15) is 5.10 Å². The van der Waals surface area contributed by atoms with Gasteiger partial charge in [0.1, 0.15) is 0 Å². The fraction of sp³-hybridized carbons (Fsp3) is 0.571. The number of hydrogen-bond acceptors (Lipinski definition) is 6. The van der Waals surface area contributed by atoms with E-state index in [0.717, 1.165) is 35.2 Å². The Balaban J connectivity index is 1.56. The molecule has 22 heavy (non-hydrogen) atoms. The molecule has 1 amide bonds. The second kappa shape index (κ2) is 6.78. The molecule has 0 radical (unpaired) electrons. The van der Waals surface area contributed by atoms with Crippen LogP contribution < -0.4 is 5.32 Å². The Morgan fingerprint density at radius 2 is 2.41 bits per heavy atom. The van der Waals surface area contributed by atoms with Gasteiger partial charge in [-0.1, -0.05) is 36.9 Å². The average Bonchev–Trinajstić information content (AvgIpc) is 3.12. The molecule has 0 bridgehead atoms. The molecule has 2 aromatic rings. The number of thioether (sulfide) groups is 1. The van der Waals surface area contributed by atoms with Crippen molar-refractivity contribution in [3.63, 3.8) is 0 Å². The van der Waals surface area contributed by atoms with Gasteiger partial charge in [0.2, 0.25) is 11.0 Å². The maximum atomic E-state index is 12.4. The molecule has 6 nitrogen and oxygen atoms in total. The molecule has 8 heteroatoms. The van der Waals surface area contributed by atoms with Crippen molar-refractivity contribution in [1.29, 1.82) is 0 Å². The number of aromatic nitrogens is 4. The molecule has 3 heterocycles. The number of hydrogen-bond donors (Lipinski definition) is 1. The fourth-order valence-electron chi connectivity index (χ4n) is 2.36. The molecule has 1 aliphatic heterocycles. The molecule has 1 atom stereocenters. The summed E-state index contributed by atoms with van der Waals surface area (Å²) in [5.41, 5.74) is 1.12. The van der Waals surface area contributed by atoms with Crippen LogP contribution in [-0.2, 0) is 17.8 Å². The van der Waals surface area contributed by atoms with Gasteiger partial charge < -0.3 is 5.32 Å². The van der Waals surface area contributed by atoms with Crippen LogP contribution >= 0.6 is 23.1 Å². The zero-order valence-corrected chi connectivity index (χ0v) is 14.3. The predicted octanol–water partition coefficient (Wildman–Crippen LogP) is 2.68. The standard InChI is InChI=1S/C14H19N5OS2/c1-9(2)8-21-14-18-17-13(22-14)16-12(20)10-4-6-19-11(7-10)3-5-15-19/h3,5,9-10H,4,6-8H2,1-2H3,(H,16,17,20). The van der Waals surface area contributed by atoms with Gasteiger partial charge in [-0.3, -0.25) is 9.48 Å². The maximum Gasteiger partial charge on any atom is 0.229 e. The first kappa shape index (κ1) is 15.5. The smallest absolute Gasteiger partial charge is 0.229 e. The van der Waals surface area contributed by atoms with Crippen LogP contribution in [0, 0.1) is 11.8 Å². The highest BCUT2D eigenvalue weighted by Crippen LogP contribution is 2.28. The number of nitrogens with one attached hydrogen (secondary N) is 1. The Morgan fingerprint density at radius 3 is 3.23 bits per heavy atom. The van der Waals surface area contributed by atoms with E-state index in [4.69, 9.17) is 0 Å². The lowest BCUT2D eigenvalue weighted by Crippen LogP contribution is -2.30. The Kier molecular flexibility index (Phi) is 4.77. The summed E-state index contributed by atoms with van der Waals surface area (Å²) in [4.78, 5) is 12.4. The van der Waals surface area contributed by atoms with E-state index in [0.29, 0.717) is 11.0 Å². The van der Waals surface area contributed by atoms with Gasteiger partial charge in [0, 0.05) is 36.5 Å². The summed E-state index contributed by atoms with van der Waals surface area (Å²) in [5, 5.41) is 15.9. The molecule has 1 aliphatic rings. The van der Waals surface area contributed by atoms with Crippen LogP contribution in [0.4, 0.5) is 5.13 Å². The van der Waals surface area contributed by atoms with Crippen LogP contribution in [0.5, 0.6) is 0 Å². The lowest BCUT2D eigenvalue weighted by molar-refractivity contribution is -0.120. The molecule has 118 valence electrons. The zero-order valence-electron chi connectivity index (χ0n) is 12.7. The first-order valence-corrected chi connectivity index (χ1v) is 9.20. The van der Waals surface area contributed by atoms with Crippen molar-refractivity contribution in [1.82, 2.24) is 20.0 Å². The van der Waals surface area contributed by atoms with Crippen molar-refractivity contribution in [3.05, 3.63) is 18.0 Å². The molecule has 0 spiro atoms. The number of carbonyl (C=O) groups is 1. The third-order valence-electron chi connectivity index (χ3n) is 3.50. The highest BCUT2D eigenvalue weighted by atomic mass is 32.2. The monoisotopic (exact) mass is 337 g/mol. The maximum absolute atomic E-state index is 12.4.